The molecule has 5 atom stereocenters. The van der Waals surface area contributed by atoms with Crippen molar-refractivity contribution < 1.29 is 19.1 Å². The van der Waals surface area contributed by atoms with E-state index in [2.05, 4.69) is 4.90 Å². The van der Waals surface area contributed by atoms with Gasteiger partial charge in [0.15, 0.2) is 5.78 Å². The number of rotatable bonds is 1. The fourth-order valence-electron chi connectivity index (χ4n) is 6.39. The summed E-state index contributed by atoms with van der Waals surface area (Å²) in [4.78, 5) is 40.2. The first-order chi connectivity index (χ1) is 10.9. The van der Waals surface area contributed by atoms with E-state index in [0.29, 0.717) is 12.8 Å². The van der Waals surface area contributed by atoms with Crippen molar-refractivity contribution in [3.05, 3.63) is 0 Å². The molecular formula is C18H25NO4. The molecule has 0 aromatic heterocycles. The topological polar surface area (TPSA) is 63.7 Å². The van der Waals surface area contributed by atoms with Crippen molar-refractivity contribution in [2.24, 2.45) is 17.3 Å². The van der Waals surface area contributed by atoms with Gasteiger partial charge in [-0.25, -0.2) is 0 Å². The Labute approximate surface area is 136 Å². The molecule has 2 aliphatic carbocycles. The van der Waals surface area contributed by atoms with Gasteiger partial charge in [0, 0.05) is 31.6 Å². The average Bonchev–Trinajstić information content (AvgIpc) is 3.03. The molecule has 0 radical (unpaired) electrons. The highest BCUT2D eigenvalue weighted by Crippen LogP contribution is 2.65. The number of hydrogen-bond donors (Lipinski definition) is 0. The molecule has 0 aromatic rings. The quantitative estimate of drug-likeness (QED) is 0.689. The number of carbonyl (C=O) groups is 3. The lowest BCUT2D eigenvalue weighted by Gasteiger charge is -2.56. The summed E-state index contributed by atoms with van der Waals surface area (Å²) in [7, 11) is 0. The minimum absolute atomic E-state index is 0.00162. The molecule has 0 N–H and O–H groups in total. The van der Waals surface area contributed by atoms with Crippen LogP contribution in [0.15, 0.2) is 0 Å². The Kier molecular flexibility index (Phi) is 3.25. The highest BCUT2D eigenvalue weighted by atomic mass is 16.5. The van der Waals surface area contributed by atoms with Crippen LogP contribution in [-0.4, -0.2) is 47.2 Å². The first-order valence-electron chi connectivity index (χ1n) is 8.92. The maximum atomic E-state index is 13.2. The molecule has 4 aliphatic rings. The van der Waals surface area contributed by atoms with E-state index in [1.54, 1.807) is 0 Å². The van der Waals surface area contributed by atoms with E-state index in [0.717, 1.165) is 38.8 Å². The number of esters is 1. The molecule has 0 amide bonds. The van der Waals surface area contributed by atoms with Crippen molar-refractivity contribution in [1.29, 1.82) is 0 Å². The van der Waals surface area contributed by atoms with Gasteiger partial charge in [-0.2, -0.15) is 0 Å². The Hall–Kier alpha value is -1.23. The van der Waals surface area contributed by atoms with Crippen LogP contribution in [0.4, 0.5) is 0 Å². The van der Waals surface area contributed by atoms with Gasteiger partial charge in [-0.1, -0.05) is 6.92 Å². The first kappa shape index (κ1) is 15.3. The summed E-state index contributed by atoms with van der Waals surface area (Å²) < 4.78 is 5.64. The normalized spacial score (nSPS) is 46.3. The predicted molar refractivity (Wildman–Crippen MR) is 82.7 cm³/mol. The molecule has 0 bridgehead atoms. The highest BCUT2D eigenvalue weighted by Gasteiger charge is 2.75. The van der Waals surface area contributed by atoms with Gasteiger partial charge >= 0.3 is 5.97 Å². The summed E-state index contributed by atoms with van der Waals surface area (Å²) in [5, 5.41) is 0. The summed E-state index contributed by atoms with van der Waals surface area (Å²) in [6.07, 6.45) is 4.05. The molecular weight excluding hydrogens is 294 g/mol. The van der Waals surface area contributed by atoms with Gasteiger partial charge in [0.2, 0.25) is 0 Å². The summed E-state index contributed by atoms with van der Waals surface area (Å²) in [6, 6.07) is 0. The van der Waals surface area contributed by atoms with E-state index >= 15 is 0 Å². The summed E-state index contributed by atoms with van der Waals surface area (Å²) in [5.41, 5.74) is -1.20. The third-order valence-corrected chi connectivity index (χ3v) is 7.01. The van der Waals surface area contributed by atoms with Gasteiger partial charge in [-0.3, -0.25) is 19.3 Å². The minimum Gasteiger partial charge on any atom is -0.462 e. The van der Waals surface area contributed by atoms with Gasteiger partial charge in [-0.05, 0) is 38.8 Å². The van der Waals surface area contributed by atoms with Crippen LogP contribution >= 0.6 is 0 Å². The Morgan fingerprint density at radius 2 is 1.83 bits per heavy atom. The number of nitrogens with zero attached hydrogens (tertiary/aromatic N) is 1. The molecule has 2 spiro atoms. The number of piperidine rings is 1. The molecule has 2 aliphatic heterocycles. The van der Waals surface area contributed by atoms with Crippen LogP contribution in [0.2, 0.25) is 0 Å². The fourth-order valence-corrected chi connectivity index (χ4v) is 6.39. The van der Waals surface area contributed by atoms with E-state index in [1.165, 1.54) is 6.92 Å². The van der Waals surface area contributed by atoms with Crippen molar-refractivity contribution in [2.75, 3.05) is 13.1 Å². The van der Waals surface area contributed by atoms with E-state index in [4.69, 9.17) is 4.74 Å². The SMILES string of the molecule is CC(=O)OC1C(C)CC(=O)C23CCCN4CCCC42C(=O)CC13. The lowest BCUT2D eigenvalue weighted by atomic mass is 9.53. The average molecular weight is 319 g/mol. The lowest BCUT2D eigenvalue weighted by molar-refractivity contribution is -0.178. The van der Waals surface area contributed by atoms with Crippen LogP contribution in [0.25, 0.3) is 0 Å². The molecule has 5 heteroatoms. The van der Waals surface area contributed by atoms with Crippen LogP contribution in [0.5, 0.6) is 0 Å². The first-order valence-corrected chi connectivity index (χ1v) is 8.92. The second kappa shape index (κ2) is 4.88. The molecule has 2 heterocycles. The van der Waals surface area contributed by atoms with Crippen LogP contribution in [-0.2, 0) is 19.1 Å². The highest BCUT2D eigenvalue weighted by molar-refractivity contribution is 6.03. The van der Waals surface area contributed by atoms with Gasteiger partial charge in [0.05, 0.1) is 11.0 Å². The van der Waals surface area contributed by atoms with Crippen molar-refractivity contribution in [2.45, 2.75) is 64.0 Å². The number of Topliss-reactive ketones (excluding diaryl/α,β-unsaturated/α-hetero) is 2. The van der Waals surface area contributed by atoms with Gasteiger partial charge in [0.25, 0.3) is 0 Å². The third-order valence-electron chi connectivity index (χ3n) is 7.01. The second-order valence-electron chi connectivity index (χ2n) is 7.94. The third kappa shape index (κ3) is 1.69. The number of ether oxygens (including phenoxy) is 1. The maximum absolute atomic E-state index is 13.2. The van der Waals surface area contributed by atoms with Crippen LogP contribution in [0, 0.1) is 17.3 Å². The molecule has 23 heavy (non-hydrogen) atoms. The predicted octanol–water partition coefficient (Wildman–Crippen LogP) is 1.73. The monoisotopic (exact) mass is 319 g/mol. The summed E-state index contributed by atoms with van der Waals surface area (Å²) in [5.74, 6) is 0.0341. The smallest absolute Gasteiger partial charge is 0.302 e. The Bertz CT molecular complexity index is 588. The second-order valence-corrected chi connectivity index (χ2v) is 7.94. The van der Waals surface area contributed by atoms with E-state index < -0.39 is 11.0 Å². The number of carbonyl (C=O) groups excluding carboxylic acids is 3. The standard InChI is InChI=1S/C18H25NO4/c1-11-9-14(21)17-5-3-7-19-8-4-6-18(17,19)15(22)10-13(17)16(11)23-12(2)20/h11,13,16H,3-10H2,1-2H3. The van der Waals surface area contributed by atoms with E-state index in [-0.39, 0.29) is 35.5 Å². The zero-order valence-corrected chi connectivity index (χ0v) is 14.0. The van der Waals surface area contributed by atoms with Crippen LogP contribution < -0.4 is 0 Å². The molecule has 5 unspecified atom stereocenters. The summed E-state index contributed by atoms with van der Waals surface area (Å²) >= 11 is 0. The van der Waals surface area contributed by atoms with Crippen molar-refractivity contribution in [1.82, 2.24) is 4.90 Å². The van der Waals surface area contributed by atoms with Crippen LogP contribution in [0.1, 0.15) is 52.4 Å². The van der Waals surface area contributed by atoms with Crippen LogP contribution in [0.3, 0.4) is 0 Å². The molecule has 126 valence electrons. The summed E-state index contributed by atoms with van der Waals surface area (Å²) in [6.45, 7) is 5.23. The molecule has 2 saturated heterocycles. The molecule has 4 rings (SSSR count). The zero-order chi connectivity index (χ0) is 16.4. The number of ketones is 2. The van der Waals surface area contributed by atoms with E-state index in [1.807, 2.05) is 6.92 Å². The fraction of sp³-hybridized carbons (Fsp3) is 0.833. The zero-order valence-electron chi connectivity index (χ0n) is 14.0. The Balaban J connectivity index is 1.84. The molecule has 2 saturated carbocycles. The lowest BCUT2D eigenvalue weighted by Crippen LogP contribution is -2.68. The van der Waals surface area contributed by atoms with Crippen molar-refractivity contribution >= 4 is 17.5 Å². The Morgan fingerprint density at radius 3 is 2.52 bits per heavy atom. The Morgan fingerprint density at radius 1 is 1.13 bits per heavy atom. The minimum atomic E-state index is -0.606. The van der Waals surface area contributed by atoms with Crippen molar-refractivity contribution in [3.8, 4) is 0 Å². The molecule has 4 fully saturated rings. The van der Waals surface area contributed by atoms with Gasteiger partial charge < -0.3 is 4.74 Å². The number of hydrogen-bond acceptors (Lipinski definition) is 5. The molecule has 0 aromatic carbocycles. The molecule has 5 nitrogen and oxygen atoms in total. The van der Waals surface area contributed by atoms with Crippen molar-refractivity contribution in [3.63, 3.8) is 0 Å². The van der Waals surface area contributed by atoms with Gasteiger partial charge in [0.1, 0.15) is 11.9 Å². The maximum Gasteiger partial charge on any atom is 0.302 e. The largest absolute Gasteiger partial charge is 0.462 e. The van der Waals surface area contributed by atoms with Gasteiger partial charge in [-0.15, -0.1) is 0 Å². The van der Waals surface area contributed by atoms with E-state index in [9.17, 15) is 14.4 Å².